The number of hydrogen-bond acceptors (Lipinski definition) is 4. The molecular weight excluding hydrogens is 295 g/mol. The van der Waals surface area contributed by atoms with Crippen LogP contribution in [0.4, 0.5) is 4.39 Å². The summed E-state index contributed by atoms with van der Waals surface area (Å²) < 4.78 is 46.0. The van der Waals surface area contributed by atoms with Gasteiger partial charge in [-0.2, -0.15) is 0 Å². The Morgan fingerprint density at radius 1 is 1.38 bits per heavy atom. The zero-order chi connectivity index (χ0) is 15.9. The highest BCUT2D eigenvalue weighted by Gasteiger charge is 2.23. The predicted octanol–water partition coefficient (Wildman–Crippen LogP) is 1.64. The Labute approximate surface area is 125 Å². The summed E-state index contributed by atoms with van der Waals surface area (Å²) in [6.45, 7) is 2.68. The molecule has 1 atom stereocenters. The first-order valence-corrected chi connectivity index (χ1v) is 8.37. The maximum atomic E-state index is 14.0. The second kappa shape index (κ2) is 8.43. The molecule has 2 N–H and O–H groups in total. The summed E-state index contributed by atoms with van der Waals surface area (Å²) in [5.74, 6) is -0.747. The summed E-state index contributed by atoms with van der Waals surface area (Å²) in [6, 6.07) is 3.76. The van der Waals surface area contributed by atoms with Gasteiger partial charge in [-0.05, 0) is 31.2 Å². The Hall–Kier alpha value is -1.02. The Bertz CT molecular complexity index is 543. The fraction of sp³-hybridized carbons (Fsp3) is 0.571. The van der Waals surface area contributed by atoms with Gasteiger partial charge in [-0.3, -0.25) is 0 Å². The van der Waals surface area contributed by atoms with E-state index >= 15 is 0 Å². The van der Waals surface area contributed by atoms with Gasteiger partial charge in [0.25, 0.3) is 0 Å². The molecule has 1 unspecified atom stereocenters. The van der Waals surface area contributed by atoms with E-state index in [1.807, 2.05) is 6.92 Å². The molecule has 0 aliphatic rings. The number of benzene rings is 1. The molecule has 1 aromatic carbocycles. The van der Waals surface area contributed by atoms with Gasteiger partial charge in [-0.15, -0.1) is 0 Å². The first kappa shape index (κ1) is 18.0. The molecule has 0 bridgehead atoms. The van der Waals surface area contributed by atoms with Crippen molar-refractivity contribution in [2.75, 3.05) is 20.8 Å². The Morgan fingerprint density at radius 3 is 2.62 bits per heavy atom. The quantitative estimate of drug-likeness (QED) is 0.726. The van der Waals surface area contributed by atoms with Crippen LogP contribution in [-0.2, 0) is 21.3 Å². The Balaban J connectivity index is 2.96. The molecule has 120 valence electrons. The van der Waals surface area contributed by atoms with Crippen LogP contribution >= 0.6 is 0 Å². The average molecular weight is 318 g/mol. The molecule has 0 aromatic heterocycles. The monoisotopic (exact) mass is 318 g/mol. The van der Waals surface area contributed by atoms with E-state index in [4.69, 9.17) is 4.74 Å². The van der Waals surface area contributed by atoms with Crippen molar-refractivity contribution in [1.29, 1.82) is 0 Å². The lowest BCUT2D eigenvalue weighted by molar-refractivity contribution is 0.171. The number of nitrogens with one attached hydrogen (secondary N) is 2. The number of methoxy groups -OCH3 is 1. The van der Waals surface area contributed by atoms with Crippen LogP contribution in [0.3, 0.4) is 0 Å². The molecule has 7 heteroatoms. The molecule has 0 heterocycles. The zero-order valence-electron chi connectivity index (χ0n) is 12.6. The SMILES string of the molecule is CCCC(COC)NS(=O)(=O)c1ccc(CNC)cc1F. The third kappa shape index (κ3) is 5.35. The third-order valence-corrected chi connectivity index (χ3v) is 4.55. The molecular formula is C14H23FN2O3S. The number of sulfonamides is 1. The normalized spacial score (nSPS) is 13.3. The van der Waals surface area contributed by atoms with E-state index in [0.717, 1.165) is 6.42 Å². The average Bonchev–Trinajstić information content (AvgIpc) is 2.39. The zero-order valence-corrected chi connectivity index (χ0v) is 13.5. The van der Waals surface area contributed by atoms with Crippen molar-refractivity contribution < 1.29 is 17.5 Å². The molecule has 1 rings (SSSR count). The van der Waals surface area contributed by atoms with Crippen LogP contribution in [-0.4, -0.2) is 35.2 Å². The van der Waals surface area contributed by atoms with Gasteiger partial charge >= 0.3 is 0 Å². The molecule has 0 aliphatic carbocycles. The van der Waals surface area contributed by atoms with E-state index < -0.39 is 15.8 Å². The van der Waals surface area contributed by atoms with E-state index in [0.29, 0.717) is 18.5 Å². The highest BCUT2D eigenvalue weighted by Crippen LogP contribution is 2.17. The number of ether oxygens (including phenoxy) is 1. The number of hydrogen-bond donors (Lipinski definition) is 2. The summed E-state index contributed by atoms with van der Waals surface area (Å²) in [7, 11) is -0.647. The van der Waals surface area contributed by atoms with E-state index in [9.17, 15) is 12.8 Å². The molecule has 0 aliphatic heterocycles. The maximum Gasteiger partial charge on any atom is 0.243 e. The Kier molecular flexibility index (Phi) is 7.24. The molecule has 0 saturated heterocycles. The maximum absolute atomic E-state index is 14.0. The van der Waals surface area contributed by atoms with Crippen LogP contribution in [0.15, 0.2) is 23.1 Å². The second-order valence-corrected chi connectivity index (χ2v) is 6.54. The standard InChI is InChI=1S/C14H23FN2O3S/c1-4-5-12(10-20-3)17-21(18,19)14-7-6-11(9-16-2)8-13(14)15/h6-8,12,16-17H,4-5,9-10H2,1-3H3. The van der Waals surface area contributed by atoms with Crippen molar-refractivity contribution in [2.45, 2.75) is 37.2 Å². The van der Waals surface area contributed by atoms with Gasteiger partial charge in [-0.25, -0.2) is 17.5 Å². The van der Waals surface area contributed by atoms with E-state index in [2.05, 4.69) is 10.0 Å². The summed E-state index contributed by atoms with van der Waals surface area (Å²) in [4.78, 5) is -0.334. The van der Waals surface area contributed by atoms with E-state index in [1.54, 1.807) is 13.1 Å². The van der Waals surface area contributed by atoms with Crippen LogP contribution in [0.1, 0.15) is 25.3 Å². The van der Waals surface area contributed by atoms with Gasteiger partial charge in [0.15, 0.2) is 0 Å². The van der Waals surface area contributed by atoms with Crippen LogP contribution in [0.2, 0.25) is 0 Å². The molecule has 0 amide bonds. The highest BCUT2D eigenvalue weighted by molar-refractivity contribution is 7.89. The van der Waals surface area contributed by atoms with Gasteiger partial charge in [-0.1, -0.05) is 19.4 Å². The second-order valence-electron chi connectivity index (χ2n) is 4.86. The van der Waals surface area contributed by atoms with Gasteiger partial charge in [0.05, 0.1) is 6.61 Å². The van der Waals surface area contributed by atoms with Crippen molar-refractivity contribution in [2.24, 2.45) is 0 Å². The smallest absolute Gasteiger partial charge is 0.243 e. The highest BCUT2D eigenvalue weighted by atomic mass is 32.2. The molecule has 0 radical (unpaired) electrons. The van der Waals surface area contributed by atoms with Gasteiger partial charge in [0, 0.05) is 19.7 Å². The predicted molar refractivity (Wildman–Crippen MR) is 80.1 cm³/mol. The lowest BCUT2D eigenvalue weighted by Crippen LogP contribution is -2.38. The molecule has 0 saturated carbocycles. The summed E-state index contributed by atoms with van der Waals surface area (Å²) in [6.07, 6.45) is 1.44. The fourth-order valence-corrected chi connectivity index (χ4v) is 3.40. The molecule has 5 nitrogen and oxygen atoms in total. The number of halogens is 1. The van der Waals surface area contributed by atoms with Crippen molar-refractivity contribution in [3.8, 4) is 0 Å². The summed E-state index contributed by atoms with van der Waals surface area (Å²) >= 11 is 0. The van der Waals surface area contributed by atoms with Gasteiger partial charge in [0.2, 0.25) is 10.0 Å². The molecule has 0 spiro atoms. The van der Waals surface area contributed by atoms with Gasteiger partial charge in [0.1, 0.15) is 10.7 Å². The van der Waals surface area contributed by atoms with Crippen molar-refractivity contribution in [3.05, 3.63) is 29.6 Å². The van der Waals surface area contributed by atoms with E-state index in [1.165, 1.54) is 19.2 Å². The van der Waals surface area contributed by atoms with Crippen LogP contribution < -0.4 is 10.0 Å². The minimum absolute atomic E-state index is 0.256. The molecule has 1 aromatic rings. The largest absolute Gasteiger partial charge is 0.383 e. The van der Waals surface area contributed by atoms with E-state index in [-0.39, 0.29) is 17.5 Å². The minimum Gasteiger partial charge on any atom is -0.383 e. The molecule has 21 heavy (non-hydrogen) atoms. The molecule has 0 fully saturated rings. The first-order valence-electron chi connectivity index (χ1n) is 6.88. The fourth-order valence-electron chi connectivity index (χ4n) is 2.09. The minimum atomic E-state index is -3.89. The Morgan fingerprint density at radius 2 is 2.10 bits per heavy atom. The first-order chi connectivity index (χ1) is 9.94. The summed E-state index contributed by atoms with van der Waals surface area (Å²) in [5.41, 5.74) is 0.691. The van der Waals surface area contributed by atoms with Crippen molar-refractivity contribution in [3.63, 3.8) is 0 Å². The van der Waals surface area contributed by atoms with Crippen molar-refractivity contribution in [1.82, 2.24) is 10.0 Å². The van der Waals surface area contributed by atoms with Gasteiger partial charge < -0.3 is 10.1 Å². The van der Waals surface area contributed by atoms with Crippen LogP contribution in [0, 0.1) is 5.82 Å². The van der Waals surface area contributed by atoms with Crippen molar-refractivity contribution >= 4 is 10.0 Å². The summed E-state index contributed by atoms with van der Waals surface area (Å²) in [5, 5.41) is 2.89. The third-order valence-electron chi connectivity index (χ3n) is 2.99. The van der Waals surface area contributed by atoms with Crippen LogP contribution in [0.25, 0.3) is 0 Å². The topological polar surface area (TPSA) is 67.4 Å². The number of rotatable bonds is 9. The lowest BCUT2D eigenvalue weighted by Gasteiger charge is -2.17. The van der Waals surface area contributed by atoms with Crippen LogP contribution in [0.5, 0.6) is 0 Å². The lowest BCUT2D eigenvalue weighted by atomic mass is 10.2.